The number of piperidine rings is 1. The topological polar surface area (TPSA) is 84.7 Å². The number of benzene rings is 1. The van der Waals surface area contributed by atoms with Crippen LogP contribution in [0.1, 0.15) is 41.9 Å². The van der Waals surface area contributed by atoms with Crippen LogP contribution in [-0.2, 0) is 0 Å². The molecule has 0 aliphatic carbocycles. The molecule has 0 spiro atoms. The molecule has 138 valence electrons. The SMILES string of the molecule is Cc1c(C(=O)NC2CC3CCC(C2)N3)nnn1-c1cccc2ncccc12. The summed E-state index contributed by atoms with van der Waals surface area (Å²) in [6.45, 7) is 1.89. The molecule has 5 rings (SSSR count). The van der Waals surface area contributed by atoms with Gasteiger partial charge >= 0.3 is 0 Å². The summed E-state index contributed by atoms with van der Waals surface area (Å²) in [5.74, 6) is -0.136. The summed E-state index contributed by atoms with van der Waals surface area (Å²) < 4.78 is 1.73. The van der Waals surface area contributed by atoms with Crippen LogP contribution >= 0.6 is 0 Å². The number of hydrogen-bond acceptors (Lipinski definition) is 5. The van der Waals surface area contributed by atoms with E-state index in [1.54, 1.807) is 10.9 Å². The maximum absolute atomic E-state index is 12.8. The number of pyridine rings is 1. The van der Waals surface area contributed by atoms with Crippen molar-refractivity contribution in [1.82, 2.24) is 30.6 Å². The Hall–Kier alpha value is -2.80. The molecule has 1 amide bonds. The molecule has 7 heteroatoms. The molecule has 2 N–H and O–H groups in total. The van der Waals surface area contributed by atoms with E-state index in [0.29, 0.717) is 17.8 Å². The van der Waals surface area contributed by atoms with Gasteiger partial charge in [-0.1, -0.05) is 11.3 Å². The third-order valence-electron chi connectivity index (χ3n) is 5.77. The van der Waals surface area contributed by atoms with Crippen molar-refractivity contribution in [3.63, 3.8) is 0 Å². The molecule has 2 aliphatic rings. The second-order valence-corrected chi connectivity index (χ2v) is 7.56. The molecule has 7 nitrogen and oxygen atoms in total. The lowest BCUT2D eigenvalue weighted by molar-refractivity contribution is 0.0918. The first-order valence-electron chi connectivity index (χ1n) is 9.52. The maximum atomic E-state index is 12.8. The third kappa shape index (κ3) is 2.88. The summed E-state index contributed by atoms with van der Waals surface area (Å²) in [5, 5.41) is 16.2. The van der Waals surface area contributed by atoms with Crippen molar-refractivity contribution < 1.29 is 4.79 Å². The Morgan fingerprint density at radius 2 is 2.00 bits per heavy atom. The fourth-order valence-electron chi connectivity index (χ4n) is 4.47. The summed E-state index contributed by atoms with van der Waals surface area (Å²) >= 11 is 0. The number of aromatic nitrogens is 4. The summed E-state index contributed by atoms with van der Waals surface area (Å²) in [4.78, 5) is 17.2. The fourth-order valence-corrected chi connectivity index (χ4v) is 4.47. The van der Waals surface area contributed by atoms with Crippen LogP contribution in [0.2, 0.25) is 0 Å². The molecule has 4 heterocycles. The summed E-state index contributed by atoms with van der Waals surface area (Å²) in [6.07, 6.45) is 6.17. The number of nitrogens with one attached hydrogen (secondary N) is 2. The second-order valence-electron chi connectivity index (χ2n) is 7.56. The number of rotatable bonds is 3. The Labute approximate surface area is 157 Å². The van der Waals surface area contributed by atoms with Gasteiger partial charge in [0, 0.05) is 29.7 Å². The second kappa shape index (κ2) is 6.42. The monoisotopic (exact) mass is 362 g/mol. The zero-order valence-corrected chi connectivity index (χ0v) is 15.2. The number of amides is 1. The summed E-state index contributed by atoms with van der Waals surface area (Å²) in [6, 6.07) is 11.1. The molecule has 0 saturated carbocycles. The fraction of sp³-hybridized carbons (Fsp3) is 0.400. The first-order valence-corrected chi connectivity index (χ1v) is 9.52. The molecule has 0 radical (unpaired) electrons. The quantitative estimate of drug-likeness (QED) is 0.746. The highest BCUT2D eigenvalue weighted by Gasteiger charge is 2.34. The van der Waals surface area contributed by atoms with Crippen molar-refractivity contribution in [3.8, 4) is 5.69 Å². The van der Waals surface area contributed by atoms with E-state index in [4.69, 9.17) is 0 Å². The van der Waals surface area contributed by atoms with E-state index in [0.717, 1.165) is 35.1 Å². The molecule has 2 fully saturated rings. The first-order chi connectivity index (χ1) is 13.2. The Morgan fingerprint density at radius 3 is 2.81 bits per heavy atom. The Balaban J connectivity index is 1.42. The van der Waals surface area contributed by atoms with Crippen LogP contribution < -0.4 is 10.6 Å². The zero-order valence-electron chi connectivity index (χ0n) is 15.2. The molecule has 2 bridgehead atoms. The van der Waals surface area contributed by atoms with Crippen LogP contribution in [0, 0.1) is 6.92 Å². The van der Waals surface area contributed by atoms with Gasteiger partial charge in [0.05, 0.1) is 16.9 Å². The summed E-state index contributed by atoms with van der Waals surface area (Å²) in [7, 11) is 0. The molecule has 2 saturated heterocycles. The van der Waals surface area contributed by atoms with Crippen molar-refractivity contribution in [3.05, 3.63) is 47.9 Å². The standard InChI is InChI=1S/C20H22N6O/c1-12-19(20(27)23-15-10-13-7-8-14(11-15)22-13)24-25-26(12)18-6-2-5-17-16(18)4-3-9-21-17/h2-6,9,13-15,22H,7-8,10-11H2,1H3,(H,23,27). The van der Waals surface area contributed by atoms with Gasteiger partial charge in [-0.2, -0.15) is 0 Å². The largest absolute Gasteiger partial charge is 0.348 e. The summed E-state index contributed by atoms with van der Waals surface area (Å²) in [5.41, 5.74) is 2.90. The minimum Gasteiger partial charge on any atom is -0.348 e. The minimum atomic E-state index is -0.136. The lowest BCUT2D eigenvalue weighted by atomic mass is 9.99. The Morgan fingerprint density at radius 1 is 1.19 bits per heavy atom. The van der Waals surface area contributed by atoms with Gasteiger partial charge in [0.25, 0.3) is 5.91 Å². The Kier molecular flexibility index (Phi) is 3.89. The maximum Gasteiger partial charge on any atom is 0.273 e. The van der Waals surface area contributed by atoms with E-state index in [-0.39, 0.29) is 11.9 Å². The number of fused-ring (bicyclic) bond motifs is 3. The average Bonchev–Trinajstić information content (AvgIpc) is 3.23. The van der Waals surface area contributed by atoms with Gasteiger partial charge < -0.3 is 10.6 Å². The van der Waals surface area contributed by atoms with Crippen LogP contribution in [-0.4, -0.2) is 44.0 Å². The van der Waals surface area contributed by atoms with E-state index in [1.807, 2.05) is 37.3 Å². The molecule has 2 unspecified atom stereocenters. The molecular weight excluding hydrogens is 340 g/mol. The third-order valence-corrected chi connectivity index (χ3v) is 5.77. The minimum absolute atomic E-state index is 0.136. The zero-order chi connectivity index (χ0) is 18.4. The molecule has 3 aromatic rings. The molecule has 27 heavy (non-hydrogen) atoms. The van der Waals surface area contributed by atoms with Crippen molar-refractivity contribution in [1.29, 1.82) is 0 Å². The highest BCUT2D eigenvalue weighted by Crippen LogP contribution is 2.27. The van der Waals surface area contributed by atoms with Crippen LogP contribution in [0.4, 0.5) is 0 Å². The number of carbonyl (C=O) groups excluding carboxylic acids is 1. The van der Waals surface area contributed by atoms with Gasteiger partial charge in [-0.05, 0) is 56.9 Å². The predicted molar refractivity (Wildman–Crippen MR) is 102 cm³/mol. The van der Waals surface area contributed by atoms with Crippen molar-refractivity contribution in [2.45, 2.75) is 50.7 Å². The van der Waals surface area contributed by atoms with E-state index in [9.17, 15) is 4.79 Å². The van der Waals surface area contributed by atoms with Crippen molar-refractivity contribution in [2.75, 3.05) is 0 Å². The average molecular weight is 362 g/mol. The molecule has 1 aromatic carbocycles. The molecular formula is C20H22N6O. The molecule has 2 aliphatic heterocycles. The van der Waals surface area contributed by atoms with Crippen LogP contribution in [0.25, 0.3) is 16.6 Å². The van der Waals surface area contributed by atoms with Gasteiger partial charge in [0.2, 0.25) is 0 Å². The van der Waals surface area contributed by atoms with E-state index < -0.39 is 0 Å². The smallest absolute Gasteiger partial charge is 0.273 e. The van der Waals surface area contributed by atoms with Crippen LogP contribution in [0.3, 0.4) is 0 Å². The molecule has 2 atom stereocenters. The lowest BCUT2D eigenvalue weighted by Crippen LogP contribution is -2.48. The van der Waals surface area contributed by atoms with Crippen molar-refractivity contribution >= 4 is 16.8 Å². The van der Waals surface area contributed by atoms with Gasteiger partial charge in [-0.3, -0.25) is 9.78 Å². The number of carbonyl (C=O) groups is 1. The van der Waals surface area contributed by atoms with Crippen molar-refractivity contribution in [2.24, 2.45) is 0 Å². The number of hydrogen-bond donors (Lipinski definition) is 2. The highest BCUT2D eigenvalue weighted by molar-refractivity contribution is 5.94. The normalized spacial score (nSPS) is 24.3. The van der Waals surface area contributed by atoms with Gasteiger partial charge in [-0.25, -0.2) is 4.68 Å². The van der Waals surface area contributed by atoms with Gasteiger partial charge in [0.1, 0.15) is 0 Å². The lowest BCUT2D eigenvalue weighted by Gasteiger charge is -2.29. The van der Waals surface area contributed by atoms with E-state index >= 15 is 0 Å². The number of nitrogens with zero attached hydrogens (tertiary/aromatic N) is 4. The first kappa shape index (κ1) is 16.4. The Bertz CT molecular complexity index is 995. The predicted octanol–water partition coefficient (Wildman–Crippen LogP) is 2.14. The van der Waals surface area contributed by atoms with Gasteiger partial charge in [0.15, 0.2) is 5.69 Å². The van der Waals surface area contributed by atoms with Gasteiger partial charge in [-0.15, -0.1) is 5.10 Å². The van der Waals surface area contributed by atoms with E-state index in [1.165, 1.54) is 12.8 Å². The van der Waals surface area contributed by atoms with Crippen LogP contribution in [0.15, 0.2) is 36.5 Å². The highest BCUT2D eigenvalue weighted by atomic mass is 16.2. The van der Waals surface area contributed by atoms with Crippen LogP contribution in [0.5, 0.6) is 0 Å². The molecule has 2 aromatic heterocycles. The van der Waals surface area contributed by atoms with E-state index in [2.05, 4.69) is 25.9 Å².